The van der Waals surface area contributed by atoms with E-state index < -0.39 is 0 Å². The number of aromatic nitrogens is 1. The lowest BCUT2D eigenvalue weighted by Crippen LogP contribution is -2.07. The summed E-state index contributed by atoms with van der Waals surface area (Å²) in [6, 6.07) is 4.37. The molecule has 0 aliphatic heterocycles. The molecule has 0 saturated heterocycles. The standard InChI is InChI=1S/C16H17NOS/c1-9-7-10(2)14(11(3)8-9)16-17-12-5-4-6-13(18)15(12)19-16/h7-8H,4-6H2,1-3H3. The van der Waals surface area contributed by atoms with Crippen LogP contribution in [-0.2, 0) is 6.42 Å². The molecule has 1 aliphatic rings. The van der Waals surface area contributed by atoms with Gasteiger partial charge >= 0.3 is 0 Å². The molecule has 98 valence electrons. The first-order valence-corrected chi connectivity index (χ1v) is 7.49. The van der Waals surface area contributed by atoms with Gasteiger partial charge in [-0.25, -0.2) is 4.98 Å². The average Bonchev–Trinajstić information content (AvgIpc) is 2.72. The number of carbonyl (C=O) groups is 1. The summed E-state index contributed by atoms with van der Waals surface area (Å²) >= 11 is 1.57. The van der Waals surface area contributed by atoms with Gasteiger partial charge in [-0.15, -0.1) is 11.3 Å². The fraction of sp³-hybridized carbons (Fsp3) is 0.375. The van der Waals surface area contributed by atoms with Gasteiger partial charge < -0.3 is 0 Å². The van der Waals surface area contributed by atoms with Crippen LogP contribution < -0.4 is 0 Å². The molecular weight excluding hydrogens is 254 g/mol. The van der Waals surface area contributed by atoms with E-state index in [1.165, 1.54) is 22.3 Å². The molecule has 0 spiro atoms. The zero-order valence-electron chi connectivity index (χ0n) is 11.5. The van der Waals surface area contributed by atoms with Crippen molar-refractivity contribution >= 4 is 17.1 Å². The molecule has 0 saturated carbocycles. The average molecular weight is 271 g/mol. The summed E-state index contributed by atoms with van der Waals surface area (Å²) in [4.78, 5) is 17.5. The van der Waals surface area contributed by atoms with Crippen LogP contribution in [0.2, 0.25) is 0 Å². The largest absolute Gasteiger partial charge is 0.293 e. The van der Waals surface area contributed by atoms with Crippen molar-refractivity contribution in [1.82, 2.24) is 4.98 Å². The van der Waals surface area contributed by atoms with Gasteiger partial charge in [-0.05, 0) is 44.7 Å². The molecule has 3 heteroatoms. The summed E-state index contributed by atoms with van der Waals surface area (Å²) < 4.78 is 0. The second-order valence-electron chi connectivity index (χ2n) is 5.35. The molecule has 0 N–H and O–H groups in total. The molecule has 2 nitrogen and oxygen atoms in total. The van der Waals surface area contributed by atoms with Crippen LogP contribution in [0.25, 0.3) is 10.6 Å². The Labute approximate surface area is 117 Å². The Kier molecular flexibility index (Phi) is 3.02. The molecular formula is C16H17NOS. The Morgan fingerprint density at radius 3 is 2.42 bits per heavy atom. The Balaban J connectivity index is 2.16. The second kappa shape index (κ2) is 4.57. The highest BCUT2D eigenvalue weighted by Crippen LogP contribution is 2.36. The Morgan fingerprint density at radius 1 is 1.11 bits per heavy atom. The van der Waals surface area contributed by atoms with E-state index in [9.17, 15) is 4.79 Å². The van der Waals surface area contributed by atoms with Crippen LogP contribution in [0.1, 0.15) is 44.9 Å². The number of thiazole rings is 1. The van der Waals surface area contributed by atoms with Crippen LogP contribution in [0.5, 0.6) is 0 Å². The molecule has 0 fully saturated rings. The third-order valence-corrected chi connectivity index (χ3v) is 4.82. The number of benzene rings is 1. The lowest BCUT2D eigenvalue weighted by atomic mass is 10.00. The number of hydrogen-bond acceptors (Lipinski definition) is 3. The number of Topliss-reactive ketones (excluding diaryl/α,β-unsaturated/α-hetero) is 1. The van der Waals surface area contributed by atoms with Crippen LogP contribution in [-0.4, -0.2) is 10.8 Å². The van der Waals surface area contributed by atoms with Gasteiger partial charge in [0.25, 0.3) is 0 Å². The van der Waals surface area contributed by atoms with Gasteiger partial charge in [-0.3, -0.25) is 4.79 Å². The molecule has 0 radical (unpaired) electrons. The first-order valence-electron chi connectivity index (χ1n) is 6.67. The molecule has 1 heterocycles. The molecule has 2 aromatic rings. The number of hydrogen-bond donors (Lipinski definition) is 0. The van der Waals surface area contributed by atoms with Crippen molar-refractivity contribution in [3.05, 3.63) is 39.4 Å². The van der Waals surface area contributed by atoms with Gasteiger partial charge in [0.15, 0.2) is 5.78 Å². The van der Waals surface area contributed by atoms with E-state index in [1.807, 2.05) is 0 Å². The summed E-state index contributed by atoms with van der Waals surface area (Å²) in [6.07, 6.45) is 2.57. The fourth-order valence-corrected chi connectivity index (χ4v) is 4.15. The lowest BCUT2D eigenvalue weighted by Gasteiger charge is -2.08. The number of nitrogens with zero attached hydrogens (tertiary/aromatic N) is 1. The van der Waals surface area contributed by atoms with E-state index in [-0.39, 0.29) is 5.78 Å². The van der Waals surface area contributed by atoms with Gasteiger partial charge in [0.1, 0.15) is 5.01 Å². The third kappa shape index (κ3) is 2.12. The summed E-state index contributed by atoms with van der Waals surface area (Å²) in [5.41, 5.74) is 5.98. The zero-order chi connectivity index (χ0) is 13.6. The normalized spacial score (nSPS) is 14.6. The van der Waals surface area contributed by atoms with Crippen molar-refractivity contribution in [2.24, 2.45) is 0 Å². The minimum Gasteiger partial charge on any atom is -0.293 e. The maximum atomic E-state index is 11.9. The van der Waals surface area contributed by atoms with E-state index >= 15 is 0 Å². The molecule has 19 heavy (non-hydrogen) atoms. The van der Waals surface area contributed by atoms with Gasteiger partial charge in [0.2, 0.25) is 0 Å². The van der Waals surface area contributed by atoms with Crippen molar-refractivity contribution in [2.75, 3.05) is 0 Å². The monoisotopic (exact) mass is 271 g/mol. The molecule has 0 bridgehead atoms. The molecule has 0 amide bonds. The molecule has 0 atom stereocenters. The smallest absolute Gasteiger partial charge is 0.174 e. The van der Waals surface area contributed by atoms with Crippen molar-refractivity contribution < 1.29 is 4.79 Å². The SMILES string of the molecule is Cc1cc(C)c(-c2nc3c(s2)C(=O)CCC3)c(C)c1. The van der Waals surface area contributed by atoms with Crippen LogP contribution in [0.15, 0.2) is 12.1 Å². The highest BCUT2D eigenvalue weighted by molar-refractivity contribution is 7.17. The maximum absolute atomic E-state index is 11.9. The van der Waals surface area contributed by atoms with E-state index in [1.54, 1.807) is 11.3 Å². The summed E-state index contributed by atoms with van der Waals surface area (Å²) in [5, 5.41) is 1.01. The van der Waals surface area contributed by atoms with Crippen LogP contribution in [0.3, 0.4) is 0 Å². The Morgan fingerprint density at radius 2 is 1.79 bits per heavy atom. The van der Waals surface area contributed by atoms with E-state index in [0.717, 1.165) is 28.4 Å². The second-order valence-corrected chi connectivity index (χ2v) is 6.34. The quantitative estimate of drug-likeness (QED) is 0.776. The van der Waals surface area contributed by atoms with Gasteiger partial charge in [0.05, 0.1) is 10.6 Å². The third-order valence-electron chi connectivity index (χ3n) is 3.66. The van der Waals surface area contributed by atoms with Crippen LogP contribution in [0, 0.1) is 20.8 Å². The van der Waals surface area contributed by atoms with Gasteiger partial charge in [-0.1, -0.05) is 17.7 Å². The summed E-state index contributed by atoms with van der Waals surface area (Å²) in [6.45, 7) is 6.36. The first-order chi connectivity index (χ1) is 9.06. The topological polar surface area (TPSA) is 30.0 Å². The van der Waals surface area contributed by atoms with Crippen LogP contribution >= 0.6 is 11.3 Å². The molecule has 1 aromatic heterocycles. The summed E-state index contributed by atoms with van der Waals surface area (Å²) in [7, 11) is 0. The van der Waals surface area contributed by atoms with Crippen LogP contribution in [0.4, 0.5) is 0 Å². The van der Waals surface area contributed by atoms with Gasteiger partial charge in [0, 0.05) is 12.0 Å². The molecule has 1 aliphatic carbocycles. The highest BCUT2D eigenvalue weighted by Gasteiger charge is 2.23. The van der Waals surface area contributed by atoms with Gasteiger partial charge in [-0.2, -0.15) is 0 Å². The lowest BCUT2D eigenvalue weighted by molar-refractivity contribution is 0.0976. The number of carbonyl (C=O) groups excluding carboxylic acids is 1. The number of fused-ring (bicyclic) bond motifs is 1. The Bertz CT molecular complexity index is 646. The highest BCUT2D eigenvalue weighted by atomic mass is 32.1. The van der Waals surface area contributed by atoms with E-state index in [0.29, 0.717) is 6.42 Å². The van der Waals surface area contributed by atoms with Crippen molar-refractivity contribution in [1.29, 1.82) is 0 Å². The first kappa shape index (κ1) is 12.5. The number of aryl methyl sites for hydroxylation is 4. The Hall–Kier alpha value is -1.48. The summed E-state index contributed by atoms with van der Waals surface area (Å²) in [5.74, 6) is 0.271. The number of ketones is 1. The minimum absolute atomic E-state index is 0.271. The van der Waals surface area contributed by atoms with Crippen molar-refractivity contribution in [3.8, 4) is 10.6 Å². The minimum atomic E-state index is 0.271. The predicted molar refractivity (Wildman–Crippen MR) is 79.0 cm³/mol. The number of rotatable bonds is 1. The fourth-order valence-electron chi connectivity index (χ4n) is 2.89. The predicted octanol–water partition coefficient (Wildman–Crippen LogP) is 4.25. The molecule has 3 rings (SSSR count). The molecule has 0 unspecified atom stereocenters. The van der Waals surface area contributed by atoms with E-state index in [4.69, 9.17) is 4.98 Å². The van der Waals surface area contributed by atoms with Crippen molar-refractivity contribution in [3.63, 3.8) is 0 Å². The van der Waals surface area contributed by atoms with E-state index in [2.05, 4.69) is 32.9 Å². The molecule has 1 aromatic carbocycles. The zero-order valence-corrected chi connectivity index (χ0v) is 12.4. The maximum Gasteiger partial charge on any atom is 0.174 e. The van der Waals surface area contributed by atoms with Crippen molar-refractivity contribution in [2.45, 2.75) is 40.0 Å².